The quantitative estimate of drug-likeness (QED) is 0.503. The average molecular weight is 284 g/mol. The minimum atomic E-state index is -0.721. The first-order chi connectivity index (χ1) is 9.00. The summed E-state index contributed by atoms with van der Waals surface area (Å²) >= 11 is 1.50. The molecule has 19 heavy (non-hydrogen) atoms. The van der Waals surface area contributed by atoms with Crippen molar-refractivity contribution in [3.05, 3.63) is 6.07 Å². The van der Waals surface area contributed by atoms with Crippen LogP contribution in [0.3, 0.4) is 0 Å². The highest BCUT2D eigenvalue weighted by molar-refractivity contribution is 7.98. The Hall–Kier alpha value is -1.01. The standard InChI is InChI=1S/C13H24N4OS/c1-5-7-14-10-8-11(17-12(16-10)19-4)15-9-13(3,18)6-2/h8,18H,5-7,9H2,1-4H3,(H2,14,15,16,17). The highest BCUT2D eigenvalue weighted by Gasteiger charge is 2.17. The molecule has 0 saturated carbocycles. The number of hydrogen-bond donors (Lipinski definition) is 3. The van der Waals surface area contributed by atoms with E-state index in [1.807, 2.05) is 26.2 Å². The molecule has 3 N–H and O–H groups in total. The van der Waals surface area contributed by atoms with Gasteiger partial charge in [-0.1, -0.05) is 25.6 Å². The summed E-state index contributed by atoms with van der Waals surface area (Å²) in [6.45, 7) is 7.25. The molecule has 0 amide bonds. The van der Waals surface area contributed by atoms with Gasteiger partial charge in [0.2, 0.25) is 0 Å². The van der Waals surface area contributed by atoms with Gasteiger partial charge in [0.05, 0.1) is 5.60 Å². The summed E-state index contributed by atoms with van der Waals surface area (Å²) in [5.74, 6) is 1.56. The average Bonchev–Trinajstić information content (AvgIpc) is 2.42. The van der Waals surface area contributed by atoms with Crippen molar-refractivity contribution >= 4 is 23.4 Å². The molecule has 0 spiro atoms. The molecule has 1 rings (SSSR count). The van der Waals surface area contributed by atoms with Crippen molar-refractivity contribution in [2.45, 2.75) is 44.4 Å². The molecule has 0 fully saturated rings. The lowest BCUT2D eigenvalue weighted by atomic mass is 10.0. The summed E-state index contributed by atoms with van der Waals surface area (Å²) in [5, 5.41) is 17.1. The summed E-state index contributed by atoms with van der Waals surface area (Å²) in [4.78, 5) is 8.78. The number of aliphatic hydroxyl groups is 1. The Morgan fingerprint density at radius 2 is 1.89 bits per heavy atom. The van der Waals surface area contributed by atoms with Gasteiger partial charge in [-0.15, -0.1) is 0 Å². The number of aromatic nitrogens is 2. The van der Waals surface area contributed by atoms with Crippen molar-refractivity contribution in [3.63, 3.8) is 0 Å². The second-order valence-electron chi connectivity index (χ2n) is 4.76. The zero-order valence-electron chi connectivity index (χ0n) is 12.2. The Morgan fingerprint density at radius 1 is 1.26 bits per heavy atom. The maximum absolute atomic E-state index is 10.00. The van der Waals surface area contributed by atoms with Crippen molar-refractivity contribution in [1.82, 2.24) is 9.97 Å². The Labute approximate surface area is 119 Å². The third-order valence-corrected chi connectivity index (χ3v) is 3.40. The minimum Gasteiger partial charge on any atom is -0.388 e. The van der Waals surface area contributed by atoms with Crippen LogP contribution in [0.15, 0.2) is 11.2 Å². The van der Waals surface area contributed by atoms with Gasteiger partial charge < -0.3 is 15.7 Å². The number of nitrogens with zero attached hydrogens (tertiary/aromatic N) is 2. The fourth-order valence-corrected chi connectivity index (χ4v) is 1.74. The van der Waals surface area contributed by atoms with Crippen molar-refractivity contribution in [2.75, 3.05) is 30.0 Å². The summed E-state index contributed by atoms with van der Waals surface area (Å²) in [7, 11) is 0. The fraction of sp³-hybridized carbons (Fsp3) is 0.692. The largest absolute Gasteiger partial charge is 0.388 e. The van der Waals surface area contributed by atoms with Crippen LogP contribution in [0.1, 0.15) is 33.6 Å². The van der Waals surface area contributed by atoms with Gasteiger partial charge in [0, 0.05) is 19.2 Å². The van der Waals surface area contributed by atoms with Crippen LogP contribution in [-0.4, -0.2) is 40.0 Å². The van der Waals surface area contributed by atoms with Crippen molar-refractivity contribution in [2.24, 2.45) is 0 Å². The number of rotatable bonds is 8. The molecule has 0 radical (unpaired) electrons. The predicted molar refractivity (Wildman–Crippen MR) is 82.0 cm³/mol. The van der Waals surface area contributed by atoms with Crippen LogP contribution in [-0.2, 0) is 0 Å². The molecule has 0 saturated heterocycles. The lowest BCUT2D eigenvalue weighted by molar-refractivity contribution is 0.0696. The lowest BCUT2D eigenvalue weighted by Gasteiger charge is -2.22. The molecule has 108 valence electrons. The van der Waals surface area contributed by atoms with E-state index in [2.05, 4.69) is 27.5 Å². The van der Waals surface area contributed by atoms with Crippen LogP contribution in [0.2, 0.25) is 0 Å². The van der Waals surface area contributed by atoms with E-state index in [1.165, 1.54) is 11.8 Å². The van der Waals surface area contributed by atoms with Crippen LogP contribution < -0.4 is 10.6 Å². The molecular formula is C13H24N4OS. The lowest BCUT2D eigenvalue weighted by Crippen LogP contribution is -2.32. The van der Waals surface area contributed by atoms with Gasteiger partial charge in [0.15, 0.2) is 5.16 Å². The number of hydrogen-bond acceptors (Lipinski definition) is 6. The van der Waals surface area contributed by atoms with Crippen LogP contribution in [0, 0.1) is 0 Å². The maximum Gasteiger partial charge on any atom is 0.191 e. The molecule has 1 aromatic heterocycles. The topological polar surface area (TPSA) is 70.1 Å². The van der Waals surface area contributed by atoms with Gasteiger partial charge in [0.1, 0.15) is 11.6 Å². The Balaban J connectivity index is 2.76. The highest BCUT2D eigenvalue weighted by Crippen LogP contribution is 2.18. The predicted octanol–water partition coefficient (Wildman–Crippen LogP) is 2.59. The van der Waals surface area contributed by atoms with E-state index in [1.54, 1.807) is 0 Å². The van der Waals surface area contributed by atoms with Crippen LogP contribution in [0.5, 0.6) is 0 Å². The second kappa shape index (κ2) is 7.55. The van der Waals surface area contributed by atoms with Crippen molar-refractivity contribution in [1.29, 1.82) is 0 Å². The van der Waals surface area contributed by atoms with E-state index < -0.39 is 5.60 Å². The zero-order valence-corrected chi connectivity index (χ0v) is 13.0. The molecule has 0 bridgehead atoms. The zero-order chi connectivity index (χ0) is 14.3. The van der Waals surface area contributed by atoms with E-state index in [0.717, 1.165) is 29.8 Å². The Morgan fingerprint density at radius 3 is 2.42 bits per heavy atom. The Kier molecular flexibility index (Phi) is 6.37. The van der Waals surface area contributed by atoms with E-state index in [4.69, 9.17) is 0 Å². The SMILES string of the molecule is CCCNc1cc(NCC(C)(O)CC)nc(SC)n1. The number of nitrogens with one attached hydrogen (secondary N) is 2. The van der Waals surface area contributed by atoms with Gasteiger partial charge in [-0.25, -0.2) is 9.97 Å². The molecule has 6 heteroatoms. The summed E-state index contributed by atoms with van der Waals surface area (Å²) in [6.07, 6.45) is 3.69. The molecule has 0 aliphatic heterocycles. The molecule has 1 aromatic rings. The Bertz CT molecular complexity index is 398. The van der Waals surface area contributed by atoms with Crippen molar-refractivity contribution in [3.8, 4) is 0 Å². The van der Waals surface area contributed by atoms with Gasteiger partial charge in [-0.2, -0.15) is 0 Å². The third kappa shape index (κ3) is 5.65. The molecule has 1 unspecified atom stereocenters. The van der Waals surface area contributed by atoms with Crippen LogP contribution in [0.25, 0.3) is 0 Å². The first-order valence-electron chi connectivity index (χ1n) is 6.64. The second-order valence-corrected chi connectivity index (χ2v) is 5.53. The van der Waals surface area contributed by atoms with E-state index in [-0.39, 0.29) is 0 Å². The molecule has 1 atom stereocenters. The number of thioether (sulfide) groups is 1. The van der Waals surface area contributed by atoms with Gasteiger partial charge >= 0.3 is 0 Å². The molecule has 0 aliphatic carbocycles. The van der Waals surface area contributed by atoms with Gasteiger partial charge in [0.25, 0.3) is 0 Å². The first kappa shape index (κ1) is 16.0. The minimum absolute atomic E-state index is 0.474. The normalized spacial score (nSPS) is 13.9. The molecule has 1 heterocycles. The highest BCUT2D eigenvalue weighted by atomic mass is 32.2. The monoisotopic (exact) mass is 284 g/mol. The maximum atomic E-state index is 10.00. The molecule has 5 nitrogen and oxygen atoms in total. The number of anilines is 2. The summed E-state index contributed by atoms with van der Waals surface area (Å²) < 4.78 is 0. The molecular weight excluding hydrogens is 260 g/mol. The smallest absolute Gasteiger partial charge is 0.191 e. The van der Waals surface area contributed by atoms with Crippen LogP contribution >= 0.6 is 11.8 Å². The first-order valence-corrected chi connectivity index (χ1v) is 7.86. The fourth-order valence-electron chi connectivity index (χ4n) is 1.36. The van der Waals surface area contributed by atoms with Gasteiger partial charge in [-0.3, -0.25) is 0 Å². The van der Waals surface area contributed by atoms with Crippen molar-refractivity contribution < 1.29 is 5.11 Å². The molecule has 0 aromatic carbocycles. The molecule has 0 aliphatic rings. The third-order valence-electron chi connectivity index (χ3n) is 2.86. The van der Waals surface area contributed by atoms with Gasteiger partial charge in [-0.05, 0) is 26.0 Å². The van der Waals surface area contributed by atoms with E-state index >= 15 is 0 Å². The van der Waals surface area contributed by atoms with E-state index in [9.17, 15) is 5.11 Å². The summed E-state index contributed by atoms with van der Waals surface area (Å²) in [5.41, 5.74) is -0.721. The van der Waals surface area contributed by atoms with E-state index in [0.29, 0.717) is 13.0 Å². The van der Waals surface area contributed by atoms with Crippen LogP contribution in [0.4, 0.5) is 11.6 Å². The summed E-state index contributed by atoms with van der Waals surface area (Å²) in [6, 6.07) is 1.88.